The van der Waals surface area contributed by atoms with Crippen LogP contribution >= 0.6 is 11.8 Å². The number of nitrogens with zero attached hydrogens (tertiary/aromatic N) is 3. The number of hydrogen-bond donors (Lipinski definition) is 1. The summed E-state index contributed by atoms with van der Waals surface area (Å²) in [5.74, 6) is 2.02. The summed E-state index contributed by atoms with van der Waals surface area (Å²) < 4.78 is 12.6. The second kappa shape index (κ2) is 9.98. The number of ether oxygens (including phenoxy) is 2. The molecule has 2 aromatic carbocycles. The molecule has 1 heterocycles. The Kier molecular flexibility index (Phi) is 7.13. The van der Waals surface area contributed by atoms with E-state index in [0.29, 0.717) is 29.0 Å². The smallest absolute Gasteiger partial charge is 0.234 e. The molecule has 30 heavy (non-hydrogen) atoms. The van der Waals surface area contributed by atoms with Gasteiger partial charge in [0.1, 0.15) is 0 Å². The van der Waals surface area contributed by atoms with Crippen molar-refractivity contribution in [2.75, 3.05) is 25.3 Å². The molecule has 8 heteroatoms. The van der Waals surface area contributed by atoms with Gasteiger partial charge in [-0.15, -0.1) is 16.8 Å². The van der Waals surface area contributed by atoms with E-state index in [1.54, 1.807) is 20.3 Å². The minimum Gasteiger partial charge on any atom is -0.493 e. The Morgan fingerprint density at radius 1 is 1.17 bits per heavy atom. The van der Waals surface area contributed by atoms with Crippen molar-refractivity contribution in [3.8, 4) is 22.9 Å². The fourth-order valence-corrected chi connectivity index (χ4v) is 3.68. The number of nitrogens with one attached hydrogen (secondary N) is 1. The monoisotopic (exact) mass is 424 g/mol. The SMILES string of the molecule is C=CCn1c(SCC(=O)Nc2cccc(C)c2)nnc1-c1ccc(OC)c(OC)c1. The largest absolute Gasteiger partial charge is 0.493 e. The Morgan fingerprint density at radius 3 is 2.67 bits per heavy atom. The second-order valence-corrected chi connectivity index (χ2v) is 7.42. The van der Waals surface area contributed by atoms with Gasteiger partial charge >= 0.3 is 0 Å². The quantitative estimate of drug-likeness (QED) is 0.410. The van der Waals surface area contributed by atoms with Crippen LogP contribution in [0, 0.1) is 6.92 Å². The number of hydrogen-bond acceptors (Lipinski definition) is 6. The molecule has 0 atom stereocenters. The number of methoxy groups -OCH3 is 2. The van der Waals surface area contributed by atoms with E-state index in [9.17, 15) is 4.79 Å². The Labute approximate surface area is 180 Å². The molecule has 1 aromatic heterocycles. The van der Waals surface area contributed by atoms with Crippen LogP contribution in [0.1, 0.15) is 5.56 Å². The van der Waals surface area contributed by atoms with E-state index in [0.717, 1.165) is 16.8 Å². The number of carbonyl (C=O) groups excluding carboxylic acids is 1. The van der Waals surface area contributed by atoms with Crippen molar-refractivity contribution in [2.45, 2.75) is 18.6 Å². The fraction of sp³-hybridized carbons (Fsp3) is 0.227. The third kappa shape index (κ3) is 5.01. The number of aromatic nitrogens is 3. The lowest BCUT2D eigenvalue weighted by atomic mass is 10.2. The van der Waals surface area contributed by atoms with Gasteiger partial charge in [-0.2, -0.15) is 0 Å². The number of rotatable bonds is 9. The van der Waals surface area contributed by atoms with Crippen LogP contribution in [0.25, 0.3) is 11.4 Å². The van der Waals surface area contributed by atoms with E-state index >= 15 is 0 Å². The van der Waals surface area contributed by atoms with Crippen LogP contribution < -0.4 is 14.8 Å². The summed E-state index contributed by atoms with van der Waals surface area (Å²) in [6.45, 7) is 6.32. The van der Waals surface area contributed by atoms with Crippen molar-refractivity contribution in [2.24, 2.45) is 0 Å². The molecule has 0 fully saturated rings. The highest BCUT2D eigenvalue weighted by Gasteiger charge is 2.17. The van der Waals surface area contributed by atoms with Gasteiger partial charge in [0, 0.05) is 17.8 Å². The maximum Gasteiger partial charge on any atom is 0.234 e. The van der Waals surface area contributed by atoms with E-state index in [1.165, 1.54) is 11.8 Å². The molecule has 0 bridgehead atoms. The van der Waals surface area contributed by atoms with Gasteiger partial charge < -0.3 is 14.8 Å². The number of benzene rings is 2. The van der Waals surface area contributed by atoms with Crippen LogP contribution in [0.3, 0.4) is 0 Å². The molecule has 0 aliphatic carbocycles. The lowest BCUT2D eigenvalue weighted by molar-refractivity contribution is -0.113. The van der Waals surface area contributed by atoms with E-state index in [4.69, 9.17) is 9.47 Å². The summed E-state index contributed by atoms with van der Waals surface area (Å²) in [6, 6.07) is 13.3. The predicted molar refractivity (Wildman–Crippen MR) is 119 cm³/mol. The van der Waals surface area contributed by atoms with Gasteiger partial charge in [0.2, 0.25) is 5.91 Å². The Balaban J connectivity index is 1.77. The molecule has 3 rings (SSSR count). The van der Waals surface area contributed by atoms with E-state index in [1.807, 2.05) is 54.0 Å². The van der Waals surface area contributed by atoms with E-state index < -0.39 is 0 Å². The van der Waals surface area contributed by atoms with Gasteiger partial charge in [-0.25, -0.2) is 0 Å². The molecule has 0 aliphatic heterocycles. The van der Waals surface area contributed by atoms with Crippen LogP contribution in [0.4, 0.5) is 5.69 Å². The molecule has 156 valence electrons. The molecular weight excluding hydrogens is 400 g/mol. The zero-order valence-corrected chi connectivity index (χ0v) is 18.0. The Hall–Kier alpha value is -3.26. The average molecular weight is 425 g/mol. The van der Waals surface area contributed by atoms with Crippen molar-refractivity contribution < 1.29 is 14.3 Å². The number of amides is 1. The maximum absolute atomic E-state index is 12.4. The summed E-state index contributed by atoms with van der Waals surface area (Å²) in [5, 5.41) is 12.1. The lowest BCUT2D eigenvalue weighted by Gasteiger charge is -2.11. The molecule has 0 saturated carbocycles. The summed E-state index contributed by atoms with van der Waals surface area (Å²) in [5.41, 5.74) is 2.70. The normalized spacial score (nSPS) is 10.5. The molecule has 0 saturated heterocycles. The molecule has 0 radical (unpaired) electrons. The van der Waals surface area contributed by atoms with Gasteiger partial charge in [0.25, 0.3) is 0 Å². The molecule has 1 N–H and O–H groups in total. The van der Waals surface area contributed by atoms with E-state index in [-0.39, 0.29) is 11.7 Å². The highest BCUT2D eigenvalue weighted by Crippen LogP contribution is 2.33. The summed E-state index contributed by atoms with van der Waals surface area (Å²) in [4.78, 5) is 12.4. The number of aryl methyl sites for hydroxylation is 1. The first kappa shape index (κ1) is 21.4. The van der Waals surface area contributed by atoms with Crippen molar-refractivity contribution >= 4 is 23.4 Å². The zero-order chi connectivity index (χ0) is 21.5. The van der Waals surface area contributed by atoms with Crippen LogP contribution in [-0.4, -0.2) is 40.6 Å². The van der Waals surface area contributed by atoms with Gasteiger partial charge in [-0.05, 0) is 42.8 Å². The lowest BCUT2D eigenvalue weighted by Crippen LogP contribution is -2.14. The Morgan fingerprint density at radius 2 is 1.97 bits per heavy atom. The third-order valence-electron chi connectivity index (χ3n) is 4.30. The molecule has 7 nitrogen and oxygen atoms in total. The van der Waals surface area contributed by atoms with Gasteiger partial charge in [-0.1, -0.05) is 30.0 Å². The average Bonchev–Trinajstić information content (AvgIpc) is 3.14. The molecule has 0 unspecified atom stereocenters. The topological polar surface area (TPSA) is 78.3 Å². The zero-order valence-electron chi connectivity index (χ0n) is 17.2. The summed E-state index contributed by atoms with van der Waals surface area (Å²) in [7, 11) is 3.18. The minimum atomic E-state index is -0.105. The van der Waals surface area contributed by atoms with Crippen LogP contribution in [0.2, 0.25) is 0 Å². The minimum absolute atomic E-state index is 0.105. The predicted octanol–water partition coefficient (Wildman–Crippen LogP) is 4.19. The molecule has 0 aliphatic rings. The second-order valence-electron chi connectivity index (χ2n) is 6.48. The highest BCUT2D eigenvalue weighted by molar-refractivity contribution is 7.99. The van der Waals surface area contributed by atoms with Crippen LogP contribution in [0.5, 0.6) is 11.5 Å². The fourth-order valence-electron chi connectivity index (χ4n) is 2.93. The molecular formula is C22H24N4O3S. The first-order chi connectivity index (χ1) is 14.5. The molecule has 3 aromatic rings. The van der Waals surface area contributed by atoms with Gasteiger partial charge in [-0.3, -0.25) is 9.36 Å². The van der Waals surface area contributed by atoms with Crippen LogP contribution in [0.15, 0.2) is 60.3 Å². The van der Waals surface area contributed by atoms with Crippen LogP contribution in [-0.2, 0) is 11.3 Å². The molecule has 1 amide bonds. The summed E-state index contributed by atoms with van der Waals surface area (Å²) >= 11 is 1.33. The molecule has 0 spiro atoms. The first-order valence-electron chi connectivity index (χ1n) is 9.31. The maximum atomic E-state index is 12.4. The van der Waals surface area contributed by atoms with Crippen molar-refractivity contribution in [3.05, 3.63) is 60.7 Å². The number of allylic oxidation sites excluding steroid dienone is 1. The van der Waals surface area contributed by atoms with Crippen molar-refractivity contribution in [1.82, 2.24) is 14.8 Å². The standard InChI is InChI=1S/C22H24N4O3S/c1-5-11-26-21(16-9-10-18(28-3)19(13-16)29-4)24-25-22(26)30-14-20(27)23-17-8-6-7-15(2)12-17/h5-10,12-13H,1,11,14H2,2-4H3,(H,23,27). The summed E-state index contributed by atoms with van der Waals surface area (Å²) in [6.07, 6.45) is 1.77. The first-order valence-corrected chi connectivity index (χ1v) is 10.3. The third-order valence-corrected chi connectivity index (χ3v) is 5.27. The number of carbonyl (C=O) groups is 1. The van der Waals surface area contributed by atoms with E-state index in [2.05, 4.69) is 22.1 Å². The number of anilines is 1. The van der Waals surface area contributed by atoms with Crippen molar-refractivity contribution in [1.29, 1.82) is 0 Å². The highest BCUT2D eigenvalue weighted by atomic mass is 32.2. The van der Waals surface area contributed by atoms with Gasteiger partial charge in [0.05, 0.1) is 20.0 Å². The number of thioether (sulfide) groups is 1. The van der Waals surface area contributed by atoms with Crippen molar-refractivity contribution in [3.63, 3.8) is 0 Å². The van der Waals surface area contributed by atoms with Gasteiger partial charge in [0.15, 0.2) is 22.5 Å². The Bertz CT molecular complexity index is 1050.